The number of carbonyl (C=O) groups excluding carboxylic acids is 1. The Morgan fingerprint density at radius 1 is 1.11 bits per heavy atom. The van der Waals surface area contributed by atoms with Crippen LogP contribution in [0.25, 0.3) is 22.5 Å². The van der Waals surface area contributed by atoms with Gasteiger partial charge in [0.1, 0.15) is 5.82 Å². The number of carbonyl (C=O) groups is 1. The molecule has 1 amide bonds. The lowest BCUT2D eigenvalue weighted by Crippen LogP contribution is -2.26. The number of nitrogens with zero attached hydrogens (tertiary/aromatic N) is 4. The molecule has 0 saturated heterocycles. The van der Waals surface area contributed by atoms with Crippen LogP contribution in [0.5, 0.6) is 0 Å². The van der Waals surface area contributed by atoms with Crippen LogP contribution >= 0.6 is 0 Å². The smallest absolute Gasteiger partial charge is 0.271 e. The fourth-order valence-electron chi connectivity index (χ4n) is 3.20. The minimum atomic E-state index is -0.113. The fourth-order valence-corrected chi connectivity index (χ4v) is 3.20. The first kappa shape index (κ1) is 15.8. The van der Waals surface area contributed by atoms with Crippen LogP contribution in [0.2, 0.25) is 0 Å². The third kappa shape index (κ3) is 3.10. The molecule has 0 atom stereocenters. The predicted octanol–water partition coefficient (Wildman–Crippen LogP) is 3.33. The number of pyridine rings is 2. The molecule has 0 unspecified atom stereocenters. The quantitative estimate of drug-likeness (QED) is 0.596. The first-order chi connectivity index (χ1) is 13.3. The van der Waals surface area contributed by atoms with Crippen LogP contribution in [0.1, 0.15) is 23.3 Å². The Morgan fingerprint density at radius 2 is 2.00 bits per heavy atom. The molecule has 1 saturated carbocycles. The average molecular weight is 357 g/mol. The second kappa shape index (κ2) is 6.39. The summed E-state index contributed by atoms with van der Waals surface area (Å²) in [6.07, 6.45) is 9.93. The summed E-state index contributed by atoms with van der Waals surface area (Å²) in [6, 6.07) is 13.9. The summed E-state index contributed by atoms with van der Waals surface area (Å²) in [5.74, 6) is 1.42. The van der Waals surface area contributed by atoms with E-state index < -0.39 is 0 Å². The Bertz CT molecular complexity index is 1110. The summed E-state index contributed by atoms with van der Waals surface area (Å²) in [4.78, 5) is 16.5. The van der Waals surface area contributed by atoms with Gasteiger partial charge in [0.25, 0.3) is 5.91 Å². The monoisotopic (exact) mass is 357 g/mol. The van der Waals surface area contributed by atoms with Gasteiger partial charge in [0, 0.05) is 42.4 Å². The highest BCUT2D eigenvalue weighted by atomic mass is 16.1. The van der Waals surface area contributed by atoms with E-state index >= 15 is 0 Å². The second-order valence-electron chi connectivity index (χ2n) is 6.94. The van der Waals surface area contributed by atoms with Gasteiger partial charge in [0.2, 0.25) is 0 Å². The van der Waals surface area contributed by atoms with Gasteiger partial charge >= 0.3 is 0 Å². The van der Waals surface area contributed by atoms with Crippen molar-refractivity contribution in [2.24, 2.45) is 5.92 Å². The number of hydrogen-bond donors (Lipinski definition) is 1. The maximum atomic E-state index is 12.3. The van der Waals surface area contributed by atoms with Gasteiger partial charge < -0.3 is 9.72 Å². The molecule has 4 aromatic rings. The van der Waals surface area contributed by atoms with Crippen molar-refractivity contribution in [2.45, 2.75) is 12.8 Å². The van der Waals surface area contributed by atoms with Gasteiger partial charge in [-0.3, -0.25) is 9.78 Å². The second-order valence-corrected chi connectivity index (χ2v) is 6.94. The topological polar surface area (TPSA) is 64.2 Å². The first-order valence-electron chi connectivity index (χ1n) is 9.14. The molecular weight excluding hydrogens is 338 g/mol. The zero-order chi connectivity index (χ0) is 18.2. The van der Waals surface area contributed by atoms with Crippen molar-refractivity contribution in [2.75, 3.05) is 6.54 Å². The molecule has 0 aliphatic heterocycles. The van der Waals surface area contributed by atoms with E-state index in [1.807, 2.05) is 36.7 Å². The highest BCUT2D eigenvalue weighted by Crippen LogP contribution is 2.27. The average Bonchev–Trinajstić information content (AvgIpc) is 3.24. The summed E-state index contributed by atoms with van der Waals surface area (Å²) < 4.78 is 3.81. The number of amides is 1. The van der Waals surface area contributed by atoms with Gasteiger partial charge in [-0.2, -0.15) is 5.10 Å². The van der Waals surface area contributed by atoms with E-state index in [1.165, 1.54) is 12.8 Å². The lowest BCUT2D eigenvalue weighted by Gasteiger charge is -2.07. The van der Waals surface area contributed by atoms with Crippen LogP contribution in [-0.2, 0) is 0 Å². The Hall–Kier alpha value is -3.41. The van der Waals surface area contributed by atoms with Crippen molar-refractivity contribution in [1.29, 1.82) is 0 Å². The van der Waals surface area contributed by atoms with Gasteiger partial charge in [0.05, 0.1) is 0 Å². The van der Waals surface area contributed by atoms with Crippen molar-refractivity contribution >= 4 is 11.4 Å². The highest BCUT2D eigenvalue weighted by Gasteiger charge is 2.22. The van der Waals surface area contributed by atoms with Crippen LogP contribution < -0.4 is 5.32 Å². The normalized spacial score (nSPS) is 13.8. The Labute approximate surface area is 156 Å². The van der Waals surface area contributed by atoms with Crippen molar-refractivity contribution in [3.05, 3.63) is 72.9 Å². The van der Waals surface area contributed by atoms with Gasteiger partial charge in [0.15, 0.2) is 5.69 Å². The molecule has 1 fully saturated rings. The lowest BCUT2D eigenvalue weighted by atomic mass is 10.1. The zero-order valence-corrected chi connectivity index (χ0v) is 14.7. The van der Waals surface area contributed by atoms with Crippen LogP contribution in [0.15, 0.2) is 67.3 Å². The maximum Gasteiger partial charge on any atom is 0.271 e. The molecule has 27 heavy (non-hydrogen) atoms. The third-order valence-electron chi connectivity index (χ3n) is 4.93. The molecule has 134 valence electrons. The Kier molecular flexibility index (Phi) is 3.74. The van der Waals surface area contributed by atoms with Crippen LogP contribution in [-0.4, -0.2) is 31.6 Å². The molecule has 4 aromatic heterocycles. The summed E-state index contributed by atoms with van der Waals surface area (Å²) in [5, 5.41) is 7.43. The standard InChI is InChI=1S/C21H19N5O/c27-21(23-12-15-3-4-15)19-9-11-26(24-19)20-8-7-18-6-5-17(14-25(18)20)16-2-1-10-22-13-16/h1-2,5-11,13-15H,3-4,12H2,(H,23,27). The van der Waals surface area contributed by atoms with E-state index in [2.05, 4.69) is 38.1 Å². The molecule has 1 aliphatic carbocycles. The van der Waals surface area contributed by atoms with Crippen molar-refractivity contribution in [3.63, 3.8) is 0 Å². The van der Waals surface area contributed by atoms with Crippen molar-refractivity contribution < 1.29 is 4.79 Å². The number of nitrogens with one attached hydrogen (secondary N) is 1. The Balaban J connectivity index is 1.47. The molecule has 1 N–H and O–H groups in total. The van der Waals surface area contributed by atoms with Crippen LogP contribution in [0.4, 0.5) is 0 Å². The molecule has 5 rings (SSSR count). The van der Waals surface area contributed by atoms with E-state index in [-0.39, 0.29) is 5.91 Å². The molecule has 6 heteroatoms. The summed E-state index contributed by atoms with van der Waals surface area (Å²) >= 11 is 0. The van der Waals surface area contributed by atoms with Gasteiger partial charge in [-0.05, 0) is 54.7 Å². The van der Waals surface area contributed by atoms with Crippen LogP contribution in [0.3, 0.4) is 0 Å². The van der Waals surface area contributed by atoms with E-state index in [0.29, 0.717) is 11.6 Å². The van der Waals surface area contributed by atoms with Gasteiger partial charge in [-0.25, -0.2) is 4.68 Å². The number of hydrogen-bond acceptors (Lipinski definition) is 3. The molecule has 0 bridgehead atoms. The van der Waals surface area contributed by atoms with Crippen LogP contribution in [0, 0.1) is 5.92 Å². The maximum absolute atomic E-state index is 12.3. The molecule has 0 spiro atoms. The molecule has 0 aromatic carbocycles. The minimum Gasteiger partial charge on any atom is -0.350 e. The number of aromatic nitrogens is 4. The lowest BCUT2D eigenvalue weighted by molar-refractivity contribution is 0.0946. The zero-order valence-electron chi connectivity index (χ0n) is 14.7. The van der Waals surface area contributed by atoms with Crippen molar-refractivity contribution in [1.82, 2.24) is 24.5 Å². The largest absolute Gasteiger partial charge is 0.350 e. The molecule has 1 aliphatic rings. The number of fused-ring (bicyclic) bond motifs is 1. The van der Waals surface area contributed by atoms with E-state index in [9.17, 15) is 4.79 Å². The van der Waals surface area contributed by atoms with E-state index in [0.717, 1.165) is 29.0 Å². The summed E-state index contributed by atoms with van der Waals surface area (Å²) in [6.45, 7) is 0.744. The van der Waals surface area contributed by atoms with Gasteiger partial charge in [-0.15, -0.1) is 0 Å². The molecule has 0 radical (unpaired) electrons. The Morgan fingerprint density at radius 3 is 2.81 bits per heavy atom. The van der Waals surface area contributed by atoms with E-state index in [4.69, 9.17) is 0 Å². The predicted molar refractivity (Wildman–Crippen MR) is 103 cm³/mol. The van der Waals surface area contributed by atoms with Crippen molar-refractivity contribution in [3.8, 4) is 16.9 Å². The third-order valence-corrected chi connectivity index (χ3v) is 4.93. The summed E-state index contributed by atoms with van der Waals surface area (Å²) in [7, 11) is 0. The SMILES string of the molecule is O=C(NCC1CC1)c1ccn(-c2ccc3ccc(-c4cccnc4)cn23)n1. The first-order valence-corrected chi connectivity index (χ1v) is 9.14. The summed E-state index contributed by atoms with van der Waals surface area (Å²) in [5.41, 5.74) is 3.63. The highest BCUT2D eigenvalue weighted by molar-refractivity contribution is 5.92. The molecular formula is C21H19N5O. The van der Waals surface area contributed by atoms with Gasteiger partial charge in [-0.1, -0.05) is 12.1 Å². The minimum absolute atomic E-state index is 0.113. The van der Waals surface area contributed by atoms with E-state index in [1.54, 1.807) is 16.9 Å². The molecule has 6 nitrogen and oxygen atoms in total. The number of rotatable bonds is 5. The molecule has 4 heterocycles. The fraction of sp³-hybridized carbons (Fsp3) is 0.190.